The van der Waals surface area contributed by atoms with Crippen LogP contribution in [0, 0.1) is 13.0 Å². The lowest BCUT2D eigenvalue weighted by molar-refractivity contribution is 0.537. The summed E-state index contributed by atoms with van der Waals surface area (Å²) in [5.41, 5.74) is 3.00. The number of aromatic nitrogens is 5. The molecule has 6 nitrogen and oxygen atoms in total. The van der Waals surface area contributed by atoms with E-state index in [2.05, 4.69) is 25.3 Å². The summed E-state index contributed by atoms with van der Waals surface area (Å²) in [5, 5.41) is 3.11. The van der Waals surface area contributed by atoms with Crippen molar-refractivity contribution in [1.82, 2.24) is 24.5 Å². The molecule has 7 heteroatoms. The van der Waals surface area contributed by atoms with E-state index >= 15 is 0 Å². The van der Waals surface area contributed by atoms with Crippen LogP contribution in [0.3, 0.4) is 0 Å². The van der Waals surface area contributed by atoms with Crippen molar-refractivity contribution in [3.63, 3.8) is 0 Å². The van der Waals surface area contributed by atoms with Crippen LogP contribution in [-0.2, 0) is 6.54 Å². The lowest BCUT2D eigenvalue weighted by atomic mass is 10.2. The summed E-state index contributed by atoms with van der Waals surface area (Å²) in [6, 6.07) is 4.00. The van der Waals surface area contributed by atoms with E-state index in [9.17, 15) is 4.39 Å². The number of anilines is 1. The van der Waals surface area contributed by atoms with Gasteiger partial charge in [0.2, 0.25) is 0 Å². The predicted octanol–water partition coefficient (Wildman–Crippen LogP) is 2.86. The average Bonchev–Trinajstić information content (AvgIpc) is 2.90. The third-order valence-corrected chi connectivity index (χ3v) is 3.49. The van der Waals surface area contributed by atoms with Gasteiger partial charge in [-0.05, 0) is 32.4 Å². The van der Waals surface area contributed by atoms with Gasteiger partial charge in [-0.2, -0.15) is 14.4 Å². The molecule has 0 unspecified atom stereocenters. The molecule has 22 heavy (non-hydrogen) atoms. The first-order valence-electron chi connectivity index (χ1n) is 7.10. The van der Waals surface area contributed by atoms with Gasteiger partial charge in [0.05, 0.1) is 18.6 Å². The molecule has 0 aliphatic carbocycles. The molecule has 3 aromatic rings. The second kappa shape index (κ2) is 5.67. The van der Waals surface area contributed by atoms with E-state index in [1.54, 1.807) is 12.5 Å². The van der Waals surface area contributed by atoms with Crippen LogP contribution in [0.15, 0.2) is 24.7 Å². The lowest BCUT2D eigenvalue weighted by Gasteiger charge is -2.09. The highest BCUT2D eigenvalue weighted by atomic mass is 19.1. The topological polar surface area (TPSA) is 68.5 Å². The summed E-state index contributed by atoms with van der Waals surface area (Å²) in [4.78, 5) is 16.3. The number of nitrogens with zero attached hydrogens (tertiary/aromatic N) is 5. The number of imidazole rings is 1. The third kappa shape index (κ3) is 2.61. The number of aryl methyl sites for hydroxylation is 1. The highest BCUT2D eigenvalue weighted by Gasteiger charge is 2.14. The van der Waals surface area contributed by atoms with Crippen molar-refractivity contribution in [3.8, 4) is 0 Å². The maximum atomic E-state index is 13.7. The van der Waals surface area contributed by atoms with Gasteiger partial charge in [-0.25, -0.2) is 4.98 Å². The zero-order chi connectivity index (χ0) is 15.7. The lowest BCUT2D eigenvalue weighted by Crippen LogP contribution is -2.08. The molecule has 0 radical (unpaired) electrons. The van der Waals surface area contributed by atoms with E-state index in [1.165, 1.54) is 0 Å². The zero-order valence-electron chi connectivity index (χ0n) is 12.7. The minimum atomic E-state index is -0.768. The fourth-order valence-electron chi connectivity index (χ4n) is 2.26. The number of rotatable bonds is 4. The number of nitrogens with one attached hydrogen (secondary N) is 1. The minimum absolute atomic E-state index is 0.144. The molecule has 0 aliphatic rings. The van der Waals surface area contributed by atoms with Crippen LogP contribution in [0.5, 0.6) is 0 Å². The Morgan fingerprint density at radius 1 is 1.27 bits per heavy atom. The molecule has 0 saturated carbocycles. The standard InChI is InChI=1S/C15H17FN6/c1-9(2)22-8-19-12-13(20-15(16)21-14(12)22)18-7-11-10(3)5-4-6-17-11/h4-6,8-9H,7H2,1-3H3,(H,18,20,21). The molecule has 0 fully saturated rings. The van der Waals surface area contributed by atoms with E-state index < -0.39 is 6.08 Å². The normalized spacial score (nSPS) is 11.3. The van der Waals surface area contributed by atoms with E-state index in [-0.39, 0.29) is 6.04 Å². The van der Waals surface area contributed by atoms with Gasteiger partial charge in [-0.3, -0.25) is 4.98 Å². The van der Waals surface area contributed by atoms with Crippen LogP contribution in [0.4, 0.5) is 10.2 Å². The molecule has 3 aromatic heterocycles. The van der Waals surface area contributed by atoms with E-state index in [0.29, 0.717) is 23.5 Å². The Bertz CT molecular complexity index is 811. The second-order valence-corrected chi connectivity index (χ2v) is 5.38. The van der Waals surface area contributed by atoms with Crippen LogP contribution in [0.25, 0.3) is 11.2 Å². The Hall–Kier alpha value is -2.57. The molecule has 1 N–H and O–H groups in total. The molecule has 3 heterocycles. The van der Waals surface area contributed by atoms with Gasteiger partial charge in [0, 0.05) is 12.2 Å². The van der Waals surface area contributed by atoms with Gasteiger partial charge >= 0.3 is 6.08 Å². The van der Waals surface area contributed by atoms with Crippen LogP contribution < -0.4 is 5.32 Å². The summed E-state index contributed by atoms with van der Waals surface area (Å²) >= 11 is 0. The minimum Gasteiger partial charge on any atom is -0.362 e. The quantitative estimate of drug-likeness (QED) is 0.750. The van der Waals surface area contributed by atoms with Crippen molar-refractivity contribution in [2.24, 2.45) is 0 Å². The number of pyridine rings is 1. The number of fused-ring (bicyclic) bond motifs is 1. The first-order chi connectivity index (χ1) is 10.6. The van der Waals surface area contributed by atoms with Gasteiger partial charge in [0.25, 0.3) is 0 Å². The van der Waals surface area contributed by atoms with Crippen molar-refractivity contribution in [1.29, 1.82) is 0 Å². The summed E-state index contributed by atoms with van der Waals surface area (Å²) in [6.45, 7) is 6.41. The summed E-state index contributed by atoms with van der Waals surface area (Å²) in [7, 11) is 0. The maximum absolute atomic E-state index is 13.7. The van der Waals surface area contributed by atoms with Gasteiger partial charge in [-0.15, -0.1) is 0 Å². The Morgan fingerprint density at radius 3 is 2.82 bits per heavy atom. The Balaban J connectivity index is 1.95. The summed E-state index contributed by atoms with van der Waals surface area (Å²) in [6.07, 6.45) is 2.61. The zero-order valence-corrected chi connectivity index (χ0v) is 12.7. The smallest absolute Gasteiger partial charge is 0.312 e. The molecule has 0 amide bonds. The van der Waals surface area contributed by atoms with Crippen molar-refractivity contribution >= 4 is 17.0 Å². The van der Waals surface area contributed by atoms with Crippen molar-refractivity contribution in [2.75, 3.05) is 5.32 Å². The molecule has 0 aliphatic heterocycles. The van der Waals surface area contributed by atoms with Crippen LogP contribution in [0.1, 0.15) is 31.1 Å². The summed E-state index contributed by atoms with van der Waals surface area (Å²) < 4.78 is 15.5. The van der Waals surface area contributed by atoms with E-state index in [0.717, 1.165) is 11.3 Å². The van der Waals surface area contributed by atoms with Crippen molar-refractivity contribution in [2.45, 2.75) is 33.4 Å². The highest BCUT2D eigenvalue weighted by Crippen LogP contribution is 2.22. The number of hydrogen-bond acceptors (Lipinski definition) is 5. The molecule has 0 spiro atoms. The average molecular weight is 300 g/mol. The Labute approximate surface area is 127 Å². The number of hydrogen-bond donors (Lipinski definition) is 1. The molecule has 0 bridgehead atoms. The third-order valence-electron chi connectivity index (χ3n) is 3.49. The molecular weight excluding hydrogens is 283 g/mol. The SMILES string of the molecule is Cc1cccnc1CNc1nc(F)nc2c1ncn2C(C)C. The first kappa shape index (κ1) is 14.4. The highest BCUT2D eigenvalue weighted by molar-refractivity contribution is 5.82. The van der Waals surface area contributed by atoms with Crippen LogP contribution in [0.2, 0.25) is 0 Å². The van der Waals surface area contributed by atoms with E-state index in [1.807, 2.05) is 37.5 Å². The van der Waals surface area contributed by atoms with Gasteiger partial charge < -0.3 is 9.88 Å². The van der Waals surface area contributed by atoms with Crippen LogP contribution >= 0.6 is 0 Å². The molecule has 3 rings (SSSR count). The molecule has 0 aromatic carbocycles. The van der Waals surface area contributed by atoms with Crippen LogP contribution in [-0.4, -0.2) is 24.5 Å². The fourth-order valence-corrected chi connectivity index (χ4v) is 2.26. The maximum Gasteiger partial charge on any atom is 0.312 e. The van der Waals surface area contributed by atoms with Crippen molar-refractivity contribution < 1.29 is 4.39 Å². The monoisotopic (exact) mass is 300 g/mol. The predicted molar refractivity (Wildman–Crippen MR) is 82.0 cm³/mol. The van der Waals surface area contributed by atoms with Gasteiger partial charge in [0.15, 0.2) is 17.0 Å². The largest absolute Gasteiger partial charge is 0.362 e. The fraction of sp³-hybridized carbons (Fsp3) is 0.333. The van der Waals surface area contributed by atoms with E-state index in [4.69, 9.17) is 0 Å². The summed E-state index contributed by atoms with van der Waals surface area (Å²) in [5.74, 6) is 0.381. The van der Waals surface area contributed by atoms with Gasteiger partial charge in [-0.1, -0.05) is 6.07 Å². The van der Waals surface area contributed by atoms with Gasteiger partial charge in [0.1, 0.15) is 0 Å². The molecular formula is C15H17FN6. The second-order valence-electron chi connectivity index (χ2n) is 5.38. The number of halogens is 1. The molecule has 0 saturated heterocycles. The molecule has 0 atom stereocenters. The Kier molecular flexibility index (Phi) is 3.70. The first-order valence-corrected chi connectivity index (χ1v) is 7.10. The van der Waals surface area contributed by atoms with Crippen molar-refractivity contribution in [3.05, 3.63) is 42.0 Å². The molecule has 114 valence electrons. The Morgan fingerprint density at radius 2 is 2.09 bits per heavy atom.